The number of ether oxygens (including phenoxy) is 2. The summed E-state index contributed by atoms with van der Waals surface area (Å²) in [5, 5.41) is 19.8. The second kappa shape index (κ2) is 14.8. The van der Waals surface area contributed by atoms with E-state index in [9.17, 15) is 27.9 Å². The highest BCUT2D eigenvalue weighted by molar-refractivity contribution is 7.89. The number of hydrogen-bond donors (Lipinski definition) is 4. The third kappa shape index (κ3) is 7.46. The van der Waals surface area contributed by atoms with Gasteiger partial charge >= 0.3 is 5.97 Å². The minimum atomic E-state index is -4.18. The molecule has 0 saturated carbocycles. The summed E-state index contributed by atoms with van der Waals surface area (Å²) in [7, 11) is -1.18. The van der Waals surface area contributed by atoms with E-state index in [0.29, 0.717) is 44.5 Å². The molecule has 1 aliphatic rings. The number of nitrogens with zero attached hydrogens (tertiary/aromatic N) is 1. The Morgan fingerprint density at radius 3 is 2.29 bits per heavy atom. The lowest BCUT2D eigenvalue weighted by atomic mass is 9.90. The van der Waals surface area contributed by atoms with Crippen LogP contribution in [0.3, 0.4) is 0 Å². The van der Waals surface area contributed by atoms with Gasteiger partial charge in [-0.05, 0) is 75.8 Å². The zero-order chi connectivity index (χ0) is 37.2. The van der Waals surface area contributed by atoms with E-state index in [-0.39, 0.29) is 48.7 Å². The van der Waals surface area contributed by atoms with E-state index in [0.717, 1.165) is 10.8 Å². The molecule has 0 aromatic heterocycles. The van der Waals surface area contributed by atoms with Crippen molar-refractivity contribution in [3.05, 3.63) is 113 Å². The van der Waals surface area contributed by atoms with Crippen LogP contribution in [0.5, 0.6) is 11.5 Å². The van der Waals surface area contributed by atoms with Crippen molar-refractivity contribution in [2.75, 3.05) is 20.8 Å². The molecule has 13 heteroatoms. The van der Waals surface area contributed by atoms with Crippen LogP contribution in [0.2, 0.25) is 0 Å². The van der Waals surface area contributed by atoms with Crippen LogP contribution in [0.1, 0.15) is 39.9 Å². The third-order valence-electron chi connectivity index (χ3n) is 9.35. The number of nitrogens with one attached hydrogen (secondary N) is 2. The molecule has 1 amide bonds. The van der Waals surface area contributed by atoms with E-state index >= 15 is 0 Å². The Hall–Kier alpha value is -5.79. The first-order chi connectivity index (χ1) is 24.9. The third-order valence-corrected chi connectivity index (χ3v) is 10.8. The van der Waals surface area contributed by atoms with E-state index < -0.39 is 34.0 Å². The monoisotopic (exact) mass is 722 g/mol. The Morgan fingerprint density at radius 2 is 1.62 bits per heavy atom. The molecule has 0 radical (unpaired) electrons. The lowest BCUT2D eigenvalue weighted by Crippen LogP contribution is -2.48. The molecule has 1 saturated heterocycles. The number of methoxy groups -OCH3 is 2. The van der Waals surface area contributed by atoms with Crippen LogP contribution in [-0.2, 0) is 32.5 Å². The predicted octanol–water partition coefficient (Wildman–Crippen LogP) is 4.68. The summed E-state index contributed by atoms with van der Waals surface area (Å²) in [6.45, 7) is 0.110. The van der Waals surface area contributed by atoms with Crippen molar-refractivity contribution in [2.24, 2.45) is 5.73 Å². The lowest BCUT2D eigenvalue weighted by Gasteiger charge is -2.28. The van der Waals surface area contributed by atoms with Crippen molar-refractivity contribution in [3.63, 3.8) is 0 Å². The molecule has 1 heterocycles. The Balaban J connectivity index is 1.33. The Labute approximate surface area is 300 Å². The van der Waals surface area contributed by atoms with E-state index in [1.54, 1.807) is 60.7 Å². The summed E-state index contributed by atoms with van der Waals surface area (Å²) in [6.07, 6.45) is 0.317. The number of nitrogen functional groups attached to an aromatic ring is 1. The lowest BCUT2D eigenvalue weighted by molar-refractivity contribution is -0.137. The molecule has 5 N–H and O–H groups in total. The van der Waals surface area contributed by atoms with Gasteiger partial charge < -0.3 is 25.2 Å². The topological polar surface area (TPSA) is 189 Å². The summed E-state index contributed by atoms with van der Waals surface area (Å²) in [5.41, 5.74) is 7.86. The summed E-state index contributed by atoms with van der Waals surface area (Å²) in [6, 6.07) is 23.5. The molecular weight excluding hydrogens is 685 g/mol. The van der Waals surface area contributed by atoms with Crippen LogP contribution < -0.4 is 19.9 Å². The fourth-order valence-electron chi connectivity index (χ4n) is 6.64. The van der Waals surface area contributed by atoms with Crippen LogP contribution in [0.25, 0.3) is 21.5 Å². The molecule has 268 valence electrons. The van der Waals surface area contributed by atoms with Crippen molar-refractivity contribution in [1.29, 1.82) is 5.41 Å². The number of carboxylic acid groups (broad SMARTS) is 1. The van der Waals surface area contributed by atoms with E-state index in [2.05, 4.69) is 4.72 Å². The molecule has 5 aromatic rings. The van der Waals surface area contributed by atoms with Gasteiger partial charge in [0.2, 0.25) is 15.9 Å². The molecule has 1 fully saturated rings. The Kier molecular flexibility index (Phi) is 10.3. The number of ketones is 1. The Bertz CT molecular complexity index is 2330. The van der Waals surface area contributed by atoms with Gasteiger partial charge in [0.05, 0.1) is 25.2 Å². The second-order valence-electron chi connectivity index (χ2n) is 12.7. The fraction of sp³-hybridized carbons (Fsp3) is 0.231. The number of rotatable bonds is 14. The van der Waals surface area contributed by atoms with E-state index in [1.807, 2.05) is 18.2 Å². The van der Waals surface area contributed by atoms with Crippen molar-refractivity contribution in [3.8, 4) is 11.5 Å². The average Bonchev–Trinajstić information content (AvgIpc) is 3.49. The largest absolute Gasteiger partial charge is 0.493 e. The van der Waals surface area contributed by atoms with Gasteiger partial charge in [-0.25, -0.2) is 8.42 Å². The van der Waals surface area contributed by atoms with Crippen molar-refractivity contribution in [1.82, 2.24) is 9.62 Å². The van der Waals surface area contributed by atoms with Gasteiger partial charge in [-0.2, -0.15) is 4.72 Å². The van der Waals surface area contributed by atoms with Crippen LogP contribution in [0, 0.1) is 5.41 Å². The smallest absolute Gasteiger partial charge is 0.303 e. The van der Waals surface area contributed by atoms with Crippen LogP contribution in [0.4, 0.5) is 0 Å². The molecule has 6 rings (SSSR count). The molecule has 0 aliphatic carbocycles. The first kappa shape index (κ1) is 36.0. The van der Waals surface area contributed by atoms with Gasteiger partial charge in [0.15, 0.2) is 17.3 Å². The zero-order valence-electron chi connectivity index (χ0n) is 28.6. The van der Waals surface area contributed by atoms with Crippen LogP contribution in [-0.4, -0.2) is 74.8 Å². The molecule has 12 nitrogen and oxygen atoms in total. The highest BCUT2D eigenvalue weighted by Crippen LogP contribution is 2.34. The highest BCUT2D eigenvalue weighted by Gasteiger charge is 2.41. The number of likely N-dealkylation sites (tertiary alicyclic amines) is 1. The number of nitrogens with two attached hydrogens (primary N) is 1. The maximum Gasteiger partial charge on any atom is 0.303 e. The predicted molar refractivity (Wildman–Crippen MR) is 197 cm³/mol. The van der Waals surface area contributed by atoms with Gasteiger partial charge in [0.25, 0.3) is 0 Å². The standard InChI is InChI=1S/C39H38N4O8S/c1-50-34-21-26-12-13-29(20-28(26)22-35(34)51-2)52(48,49)42-32-15-16-43(39(32)47)33(19-23-7-10-25(11-8-23)38(40)41)37(46)31-18-24(9-14-36(44)45)17-27-5-3-4-6-30(27)31/h3-8,10-13,17-18,20-22,32-33,42H,9,14-16,19H2,1-2H3,(H3,40,41)(H,44,45). The van der Waals surface area contributed by atoms with Gasteiger partial charge in [-0.15, -0.1) is 0 Å². The van der Waals surface area contributed by atoms with Gasteiger partial charge in [-0.3, -0.25) is 19.8 Å². The number of amidine groups is 1. The number of aryl methyl sites for hydroxylation is 1. The summed E-state index contributed by atoms with van der Waals surface area (Å²) < 4.78 is 40.7. The number of carboxylic acids is 1. The number of amides is 1. The van der Waals surface area contributed by atoms with Crippen molar-refractivity contribution < 1.29 is 37.4 Å². The molecular formula is C39H38N4O8S. The zero-order valence-corrected chi connectivity index (χ0v) is 29.4. The maximum atomic E-state index is 14.7. The van der Waals surface area contributed by atoms with Gasteiger partial charge in [-0.1, -0.05) is 60.7 Å². The fourth-order valence-corrected chi connectivity index (χ4v) is 7.89. The first-order valence-corrected chi connectivity index (χ1v) is 18.1. The number of Topliss-reactive ketones (excluding diaryl/α,β-unsaturated/α-hetero) is 1. The maximum absolute atomic E-state index is 14.7. The number of carbonyl (C=O) groups excluding carboxylic acids is 2. The number of sulfonamides is 1. The quantitative estimate of drug-likeness (QED) is 0.0716. The summed E-state index contributed by atoms with van der Waals surface area (Å²) >= 11 is 0. The van der Waals surface area contributed by atoms with Gasteiger partial charge in [0, 0.05) is 30.5 Å². The number of benzene rings is 5. The minimum absolute atomic E-state index is 0.0405. The molecule has 0 spiro atoms. The molecule has 0 bridgehead atoms. The summed E-state index contributed by atoms with van der Waals surface area (Å²) in [5.74, 6) is -1.04. The van der Waals surface area contributed by atoms with E-state index in [4.69, 9.17) is 20.6 Å². The summed E-state index contributed by atoms with van der Waals surface area (Å²) in [4.78, 5) is 41.5. The van der Waals surface area contributed by atoms with Crippen molar-refractivity contribution >= 4 is 55.1 Å². The molecule has 2 atom stereocenters. The molecule has 1 aliphatic heterocycles. The normalized spacial score (nSPS) is 15.2. The minimum Gasteiger partial charge on any atom is -0.493 e. The van der Waals surface area contributed by atoms with E-state index in [1.165, 1.54) is 31.3 Å². The Morgan fingerprint density at radius 1 is 0.923 bits per heavy atom. The molecule has 52 heavy (non-hydrogen) atoms. The molecule has 2 unspecified atom stereocenters. The average molecular weight is 723 g/mol. The van der Waals surface area contributed by atoms with Gasteiger partial charge in [0.1, 0.15) is 11.9 Å². The highest BCUT2D eigenvalue weighted by atomic mass is 32.2. The molecule has 5 aromatic carbocycles. The number of aliphatic carboxylic acids is 1. The number of hydrogen-bond acceptors (Lipinski definition) is 8. The van der Waals surface area contributed by atoms with Crippen molar-refractivity contribution in [2.45, 2.75) is 42.7 Å². The number of fused-ring (bicyclic) bond motifs is 2. The first-order valence-electron chi connectivity index (χ1n) is 16.6. The van der Waals surface area contributed by atoms with Crippen LogP contribution >= 0.6 is 0 Å². The second-order valence-corrected chi connectivity index (χ2v) is 14.4. The van der Waals surface area contributed by atoms with Crippen LogP contribution in [0.15, 0.2) is 95.9 Å². The SMILES string of the molecule is COc1cc2ccc(S(=O)(=O)NC3CCN(C(Cc4ccc(C(=N)N)cc4)C(=O)c4cc(CCC(=O)O)cc5ccccc45)C3=O)cc2cc1OC. The number of carbonyl (C=O) groups is 3.